The summed E-state index contributed by atoms with van der Waals surface area (Å²) in [5, 5.41) is 2.78. The number of benzene rings is 1. The van der Waals surface area contributed by atoms with E-state index in [4.69, 9.17) is 43.0 Å². The van der Waals surface area contributed by atoms with E-state index in [1.54, 1.807) is 7.11 Å². The van der Waals surface area contributed by atoms with Crippen molar-refractivity contribution < 1.29 is 36.0 Å². The molecule has 12 nitrogen and oxygen atoms in total. The first-order valence-corrected chi connectivity index (χ1v) is 11.6. The van der Waals surface area contributed by atoms with E-state index >= 15 is 0 Å². The van der Waals surface area contributed by atoms with Crippen molar-refractivity contribution in [3.63, 3.8) is 0 Å². The molecule has 7 N–H and O–H groups in total. The molecule has 0 bridgehead atoms. The summed E-state index contributed by atoms with van der Waals surface area (Å²) in [4.78, 5) is 20.7. The molecule has 0 aliphatic heterocycles. The summed E-state index contributed by atoms with van der Waals surface area (Å²) in [5.41, 5.74) is 18.7. The first-order valence-electron chi connectivity index (χ1n) is 11.2. The number of nitrogens with two attached hydrogens (primary N) is 3. The van der Waals surface area contributed by atoms with Gasteiger partial charge in [0, 0.05) is 12.6 Å². The largest absolute Gasteiger partial charge is 1.00 e. The van der Waals surface area contributed by atoms with E-state index in [1.807, 2.05) is 25.1 Å². The van der Waals surface area contributed by atoms with Crippen molar-refractivity contribution in [2.75, 3.05) is 51.5 Å². The number of aromatic nitrogens is 4. The van der Waals surface area contributed by atoms with Crippen LogP contribution in [-0.4, -0.2) is 60.5 Å². The van der Waals surface area contributed by atoms with Crippen LogP contribution in [0.3, 0.4) is 0 Å². The van der Waals surface area contributed by atoms with Gasteiger partial charge in [-0.1, -0.05) is 11.6 Å². The number of amides is 1. The Morgan fingerprint density at radius 3 is 2.49 bits per heavy atom. The molecule has 1 amide bonds. The highest BCUT2D eigenvalue weighted by Crippen LogP contribution is 2.22. The zero-order valence-electron chi connectivity index (χ0n) is 20.7. The van der Waals surface area contributed by atoms with Crippen LogP contribution in [0, 0.1) is 0 Å². The molecule has 0 unspecified atom stereocenters. The molecule has 0 aliphatic carbocycles. The average Bonchev–Trinajstić information content (AvgIpc) is 3.15. The lowest BCUT2D eigenvalue weighted by Crippen LogP contribution is -3.00. The number of nitrogen functional groups attached to an aromatic ring is 2. The van der Waals surface area contributed by atoms with Gasteiger partial charge in [-0.2, -0.15) is 0 Å². The molecular formula is C22H33Cl3N8O4. The number of nitrogens with one attached hydrogen (secondary N) is 1. The van der Waals surface area contributed by atoms with Gasteiger partial charge in [0.1, 0.15) is 18.8 Å². The maximum atomic E-state index is 12.8. The summed E-state index contributed by atoms with van der Waals surface area (Å²) >= 11 is 5.93. The molecule has 0 saturated carbocycles. The molecule has 0 atom stereocenters. The fraction of sp³-hybridized carbons (Fsp3) is 0.455. The first kappa shape index (κ1) is 32.4. The second kappa shape index (κ2) is 15.6. The molecule has 1 aromatic carbocycles. The van der Waals surface area contributed by atoms with Gasteiger partial charge >= 0.3 is 0 Å². The Morgan fingerprint density at radius 1 is 1.14 bits per heavy atom. The van der Waals surface area contributed by atoms with Crippen LogP contribution in [0.2, 0.25) is 5.15 Å². The van der Waals surface area contributed by atoms with Crippen molar-refractivity contribution in [1.82, 2.24) is 19.9 Å². The fourth-order valence-electron chi connectivity index (χ4n) is 3.70. The molecule has 0 spiro atoms. The van der Waals surface area contributed by atoms with E-state index in [-0.39, 0.29) is 53.8 Å². The summed E-state index contributed by atoms with van der Waals surface area (Å²) < 4.78 is 20.7. The molecule has 2 heterocycles. The van der Waals surface area contributed by atoms with E-state index in [9.17, 15) is 4.79 Å². The average molecular weight is 580 g/mol. The predicted molar refractivity (Wildman–Crippen MR) is 139 cm³/mol. The van der Waals surface area contributed by atoms with Crippen molar-refractivity contribution in [3.05, 3.63) is 34.9 Å². The fourth-order valence-corrected chi connectivity index (χ4v) is 3.83. The number of aryl methyl sites for hydroxylation is 1. The molecule has 2 aromatic heterocycles. The van der Waals surface area contributed by atoms with Crippen LogP contribution in [0.15, 0.2) is 18.2 Å². The monoisotopic (exact) mass is 578 g/mol. The number of methoxy groups -OCH3 is 1. The van der Waals surface area contributed by atoms with Crippen LogP contribution in [0.25, 0.3) is 11.0 Å². The van der Waals surface area contributed by atoms with E-state index < -0.39 is 5.91 Å². The molecule has 0 radical (unpaired) electrons. The Bertz CT molecular complexity index is 1180. The minimum Gasteiger partial charge on any atom is -1.00 e. The van der Waals surface area contributed by atoms with Crippen LogP contribution in [-0.2, 0) is 29.1 Å². The lowest BCUT2D eigenvalue weighted by molar-refractivity contribution is -0.676. The van der Waals surface area contributed by atoms with E-state index in [2.05, 4.69) is 24.4 Å². The molecular weight excluding hydrogens is 547 g/mol. The minimum absolute atomic E-state index is 0. The Kier molecular flexibility index (Phi) is 13.7. The topological polar surface area (TPSA) is 169 Å². The van der Waals surface area contributed by atoms with Gasteiger partial charge in [-0.05, 0) is 19.1 Å². The maximum Gasteiger partial charge on any atom is 0.277 e. The smallest absolute Gasteiger partial charge is 0.277 e. The SMILES string of the molecule is CC[n+]1c(CNC(=O)c2nc(Cl)c(N)nc2N)n(CCOCCOCCN)c2cc(OC)ccc21.Cl.[Cl-]. The lowest BCUT2D eigenvalue weighted by Gasteiger charge is -2.09. The van der Waals surface area contributed by atoms with E-state index in [0.717, 1.165) is 22.6 Å². The van der Waals surface area contributed by atoms with Crippen LogP contribution < -0.4 is 44.2 Å². The highest BCUT2D eigenvalue weighted by atomic mass is 35.5. The van der Waals surface area contributed by atoms with Crippen LogP contribution in [0.4, 0.5) is 11.6 Å². The molecule has 37 heavy (non-hydrogen) atoms. The standard InChI is InChI=1S/C22H31ClN8O4.2ClH/c1-3-30-15-5-4-14(33-2)12-16(15)31(7-9-35-11-10-34-8-6-24)17(30)13-27-22(32)18-20(25)29-21(26)19(23)28-18;;/h4-5,12H,3,6-11,13,24H2,1-2H3,(H4-,25,26,27,29,32);2*1H. The minimum atomic E-state index is -0.512. The Labute approximate surface area is 232 Å². The second-order valence-electron chi connectivity index (χ2n) is 7.50. The number of carbonyl (C=O) groups excluding carboxylic acids is 1. The number of fused-ring (bicyclic) bond motifs is 1. The van der Waals surface area contributed by atoms with Crippen molar-refractivity contribution in [1.29, 1.82) is 0 Å². The molecule has 3 aromatic rings. The summed E-state index contributed by atoms with van der Waals surface area (Å²) in [6, 6.07) is 5.85. The number of halogens is 3. The molecule has 0 saturated heterocycles. The molecule has 3 rings (SSSR count). The van der Waals surface area contributed by atoms with Gasteiger partial charge in [0.2, 0.25) is 0 Å². The number of carbonyl (C=O) groups is 1. The summed E-state index contributed by atoms with van der Waals surface area (Å²) in [6.45, 7) is 5.83. The Balaban J connectivity index is 0.00000342. The molecule has 0 aliphatic rings. The number of ether oxygens (including phenoxy) is 3. The Hall–Kier alpha value is -2.61. The third-order valence-corrected chi connectivity index (χ3v) is 5.60. The van der Waals surface area contributed by atoms with Crippen LogP contribution >= 0.6 is 24.0 Å². The first-order chi connectivity index (χ1) is 16.9. The van der Waals surface area contributed by atoms with Gasteiger partial charge < -0.3 is 49.1 Å². The number of nitrogens with zero attached hydrogens (tertiary/aromatic N) is 4. The number of imidazole rings is 1. The molecule has 15 heteroatoms. The van der Waals surface area contributed by atoms with E-state index in [1.165, 1.54) is 0 Å². The Morgan fingerprint density at radius 2 is 1.84 bits per heavy atom. The van der Waals surface area contributed by atoms with Gasteiger partial charge in [-0.3, -0.25) is 4.79 Å². The number of rotatable bonds is 13. The third kappa shape index (κ3) is 7.94. The van der Waals surface area contributed by atoms with Crippen LogP contribution in [0.5, 0.6) is 5.75 Å². The van der Waals surface area contributed by atoms with Gasteiger partial charge in [-0.25, -0.2) is 19.1 Å². The van der Waals surface area contributed by atoms with Crippen LogP contribution in [0.1, 0.15) is 23.2 Å². The van der Waals surface area contributed by atoms with Crippen molar-refractivity contribution >= 4 is 52.6 Å². The molecule has 0 fully saturated rings. The van der Waals surface area contributed by atoms with Gasteiger partial charge in [-0.15, -0.1) is 12.4 Å². The zero-order chi connectivity index (χ0) is 25.4. The third-order valence-electron chi connectivity index (χ3n) is 5.32. The second-order valence-corrected chi connectivity index (χ2v) is 7.85. The number of anilines is 2. The highest BCUT2D eigenvalue weighted by Gasteiger charge is 2.26. The van der Waals surface area contributed by atoms with Crippen molar-refractivity contribution in [2.45, 2.75) is 26.6 Å². The predicted octanol–water partition coefficient (Wildman–Crippen LogP) is -2.09. The van der Waals surface area contributed by atoms with Gasteiger partial charge in [0.25, 0.3) is 11.7 Å². The molecule has 206 valence electrons. The zero-order valence-corrected chi connectivity index (χ0v) is 23.0. The van der Waals surface area contributed by atoms with Crippen molar-refractivity contribution in [2.24, 2.45) is 5.73 Å². The lowest BCUT2D eigenvalue weighted by atomic mass is 10.3. The van der Waals surface area contributed by atoms with E-state index in [0.29, 0.717) is 46.1 Å². The summed E-state index contributed by atoms with van der Waals surface area (Å²) in [6.07, 6.45) is 0. The number of hydrogen-bond donors (Lipinski definition) is 4. The maximum absolute atomic E-state index is 12.8. The summed E-state index contributed by atoms with van der Waals surface area (Å²) in [7, 11) is 1.62. The van der Waals surface area contributed by atoms with Crippen molar-refractivity contribution in [3.8, 4) is 5.75 Å². The summed E-state index contributed by atoms with van der Waals surface area (Å²) in [5.74, 6) is 0.948. The highest BCUT2D eigenvalue weighted by molar-refractivity contribution is 6.31. The quantitative estimate of drug-likeness (QED) is 0.131. The normalized spacial score (nSPS) is 10.6. The van der Waals surface area contributed by atoms with Gasteiger partial charge in [0.05, 0.1) is 40.1 Å². The number of hydrogen-bond acceptors (Lipinski definition) is 9. The van der Waals surface area contributed by atoms with Gasteiger partial charge in [0.15, 0.2) is 33.5 Å².